The first-order chi connectivity index (χ1) is 12.2. The number of hydrogen-bond acceptors (Lipinski definition) is 5. The van der Waals surface area contributed by atoms with Gasteiger partial charge >= 0.3 is 0 Å². The molecule has 1 unspecified atom stereocenters. The lowest BCUT2D eigenvalue weighted by atomic mass is 9.99. The molecule has 1 amide bonds. The highest BCUT2D eigenvalue weighted by molar-refractivity contribution is 7.85. The van der Waals surface area contributed by atoms with E-state index >= 15 is 0 Å². The van der Waals surface area contributed by atoms with E-state index < -0.39 is 10.1 Å². The standard InChI is InChI=1S/C17H20N2O2.CH4O3S/c18-11-15(17(19)20)9-14-7-4-8-16(10-14)21-12-13-5-2-1-3-6-13;1-5(2,3)4/h1-8,10,15H,9,11-12,18H2,(H2,19,20);1H3,(H,2,3,4). The van der Waals surface area contributed by atoms with Crippen molar-refractivity contribution in [2.75, 3.05) is 12.8 Å². The molecule has 2 aromatic rings. The first-order valence-electron chi connectivity index (χ1n) is 7.86. The molecule has 0 heterocycles. The minimum atomic E-state index is -3.67. The highest BCUT2D eigenvalue weighted by atomic mass is 32.2. The summed E-state index contributed by atoms with van der Waals surface area (Å²) in [5.41, 5.74) is 13.0. The number of nitrogens with two attached hydrogens (primary N) is 2. The van der Waals surface area contributed by atoms with Crippen molar-refractivity contribution in [3.05, 3.63) is 65.7 Å². The lowest BCUT2D eigenvalue weighted by Crippen LogP contribution is -2.31. The lowest BCUT2D eigenvalue weighted by molar-refractivity contribution is -0.121. The highest BCUT2D eigenvalue weighted by Crippen LogP contribution is 2.17. The normalized spacial score (nSPS) is 11.8. The van der Waals surface area contributed by atoms with Gasteiger partial charge in [-0.15, -0.1) is 0 Å². The fourth-order valence-corrected chi connectivity index (χ4v) is 2.09. The molecule has 5 N–H and O–H groups in total. The van der Waals surface area contributed by atoms with Crippen molar-refractivity contribution in [1.29, 1.82) is 0 Å². The van der Waals surface area contributed by atoms with Gasteiger partial charge in [-0.25, -0.2) is 0 Å². The highest BCUT2D eigenvalue weighted by Gasteiger charge is 2.14. The average Bonchev–Trinajstić information content (AvgIpc) is 2.57. The second kappa shape index (κ2) is 10.5. The molecule has 0 aromatic heterocycles. The van der Waals surface area contributed by atoms with E-state index in [1.807, 2.05) is 54.6 Å². The van der Waals surface area contributed by atoms with Crippen molar-refractivity contribution in [2.45, 2.75) is 13.0 Å². The third-order valence-electron chi connectivity index (χ3n) is 3.32. The molecule has 2 aromatic carbocycles. The molecule has 0 bridgehead atoms. The zero-order chi connectivity index (χ0) is 19.6. The summed E-state index contributed by atoms with van der Waals surface area (Å²) >= 11 is 0. The molecule has 2 rings (SSSR count). The molecule has 0 spiro atoms. The van der Waals surface area contributed by atoms with Crippen LogP contribution in [0.1, 0.15) is 11.1 Å². The predicted molar refractivity (Wildman–Crippen MR) is 100 cm³/mol. The number of ether oxygens (including phenoxy) is 1. The van der Waals surface area contributed by atoms with Gasteiger partial charge in [-0.2, -0.15) is 8.42 Å². The van der Waals surface area contributed by atoms with Crippen molar-refractivity contribution >= 4 is 16.0 Å². The molecular weight excluding hydrogens is 356 g/mol. The summed E-state index contributed by atoms with van der Waals surface area (Å²) in [5, 5.41) is 0. The van der Waals surface area contributed by atoms with Crippen molar-refractivity contribution in [3.63, 3.8) is 0 Å². The summed E-state index contributed by atoms with van der Waals surface area (Å²) in [4.78, 5) is 11.2. The Bertz CT molecular complexity index is 786. The lowest BCUT2D eigenvalue weighted by Gasteiger charge is -2.12. The third-order valence-corrected chi connectivity index (χ3v) is 3.32. The summed E-state index contributed by atoms with van der Waals surface area (Å²) < 4.78 is 31.6. The number of rotatable bonds is 7. The van der Waals surface area contributed by atoms with Gasteiger partial charge in [0.15, 0.2) is 0 Å². The van der Waals surface area contributed by atoms with Gasteiger partial charge in [-0.05, 0) is 29.7 Å². The molecule has 0 saturated carbocycles. The molecular formula is C18H24N2O5S. The maximum Gasteiger partial charge on any atom is 0.261 e. The van der Waals surface area contributed by atoms with Crippen LogP contribution in [0.5, 0.6) is 5.75 Å². The fourth-order valence-electron chi connectivity index (χ4n) is 2.09. The molecule has 0 fully saturated rings. The topological polar surface area (TPSA) is 133 Å². The van der Waals surface area contributed by atoms with Gasteiger partial charge in [0.25, 0.3) is 10.1 Å². The Hall–Kier alpha value is -2.42. The number of benzene rings is 2. The zero-order valence-corrected chi connectivity index (χ0v) is 15.4. The van der Waals surface area contributed by atoms with Crippen LogP contribution in [0.25, 0.3) is 0 Å². The second-order valence-electron chi connectivity index (χ2n) is 5.69. The van der Waals surface area contributed by atoms with Gasteiger partial charge in [0.1, 0.15) is 12.4 Å². The minimum absolute atomic E-state index is 0.254. The minimum Gasteiger partial charge on any atom is -0.489 e. The third kappa shape index (κ3) is 9.77. The van der Waals surface area contributed by atoms with E-state index in [4.69, 9.17) is 20.8 Å². The predicted octanol–water partition coefficient (Wildman–Crippen LogP) is 1.37. The van der Waals surface area contributed by atoms with Gasteiger partial charge in [-0.3, -0.25) is 9.35 Å². The van der Waals surface area contributed by atoms with E-state index in [0.29, 0.717) is 19.3 Å². The van der Waals surface area contributed by atoms with Crippen molar-refractivity contribution in [1.82, 2.24) is 0 Å². The number of amides is 1. The molecule has 0 aliphatic heterocycles. The van der Waals surface area contributed by atoms with E-state index in [2.05, 4.69) is 0 Å². The van der Waals surface area contributed by atoms with Gasteiger partial charge in [0, 0.05) is 6.54 Å². The Morgan fingerprint density at radius 3 is 2.23 bits per heavy atom. The van der Waals surface area contributed by atoms with E-state index in [-0.39, 0.29) is 18.4 Å². The summed E-state index contributed by atoms with van der Waals surface area (Å²) in [6.45, 7) is 0.769. The average molecular weight is 380 g/mol. The quantitative estimate of drug-likeness (QED) is 0.621. The molecule has 1 atom stereocenters. The van der Waals surface area contributed by atoms with Crippen molar-refractivity contribution in [2.24, 2.45) is 17.4 Å². The van der Waals surface area contributed by atoms with E-state index in [9.17, 15) is 13.2 Å². The monoisotopic (exact) mass is 380 g/mol. The van der Waals surface area contributed by atoms with Crippen LogP contribution >= 0.6 is 0 Å². The summed E-state index contributed by atoms with van der Waals surface area (Å²) in [6, 6.07) is 17.6. The second-order valence-corrected chi connectivity index (χ2v) is 7.16. The molecule has 142 valence electrons. The number of carbonyl (C=O) groups is 1. The van der Waals surface area contributed by atoms with Gasteiger partial charge in [0.2, 0.25) is 5.91 Å². The van der Waals surface area contributed by atoms with Crippen LogP contribution in [0.2, 0.25) is 0 Å². The molecule has 0 aliphatic carbocycles. The van der Waals surface area contributed by atoms with E-state index in [1.54, 1.807) is 0 Å². The Kier molecular flexibility index (Phi) is 8.77. The Balaban J connectivity index is 0.000000597. The molecule has 0 aliphatic rings. The van der Waals surface area contributed by atoms with Gasteiger partial charge < -0.3 is 16.2 Å². The Morgan fingerprint density at radius 2 is 1.69 bits per heavy atom. The number of primary amides is 1. The first kappa shape index (κ1) is 21.6. The van der Waals surface area contributed by atoms with E-state index in [0.717, 1.165) is 16.9 Å². The largest absolute Gasteiger partial charge is 0.489 e. The van der Waals surface area contributed by atoms with Crippen LogP contribution in [-0.4, -0.2) is 31.7 Å². The summed E-state index contributed by atoms with van der Waals surface area (Å²) in [5.74, 6) is 0.0686. The molecule has 0 radical (unpaired) electrons. The zero-order valence-electron chi connectivity index (χ0n) is 14.5. The maximum absolute atomic E-state index is 11.2. The fraction of sp³-hybridized carbons (Fsp3) is 0.278. The van der Waals surface area contributed by atoms with Crippen LogP contribution in [0.15, 0.2) is 54.6 Å². The van der Waals surface area contributed by atoms with Crippen LogP contribution < -0.4 is 16.2 Å². The smallest absolute Gasteiger partial charge is 0.261 e. The van der Waals surface area contributed by atoms with Gasteiger partial charge in [-0.1, -0.05) is 42.5 Å². The number of carbonyl (C=O) groups excluding carboxylic acids is 1. The summed E-state index contributed by atoms with van der Waals surface area (Å²) in [7, 11) is -3.67. The van der Waals surface area contributed by atoms with Crippen LogP contribution in [0, 0.1) is 5.92 Å². The first-order valence-corrected chi connectivity index (χ1v) is 9.71. The SMILES string of the molecule is CS(=O)(=O)O.NCC(Cc1cccc(OCc2ccccc2)c1)C(N)=O. The Labute approximate surface area is 153 Å². The van der Waals surface area contributed by atoms with Crippen LogP contribution in [0.3, 0.4) is 0 Å². The number of hydrogen-bond donors (Lipinski definition) is 3. The molecule has 0 saturated heterocycles. The summed E-state index contributed by atoms with van der Waals surface area (Å²) in [6.07, 6.45) is 1.25. The van der Waals surface area contributed by atoms with Crippen LogP contribution in [0.4, 0.5) is 0 Å². The molecule has 8 heteroatoms. The van der Waals surface area contributed by atoms with Gasteiger partial charge in [0.05, 0.1) is 12.2 Å². The molecule has 7 nitrogen and oxygen atoms in total. The van der Waals surface area contributed by atoms with E-state index in [1.165, 1.54) is 0 Å². The maximum atomic E-state index is 11.2. The van der Waals surface area contributed by atoms with Crippen molar-refractivity contribution < 1.29 is 22.5 Å². The molecule has 26 heavy (non-hydrogen) atoms. The Morgan fingerprint density at radius 1 is 1.12 bits per heavy atom. The van der Waals surface area contributed by atoms with Crippen molar-refractivity contribution in [3.8, 4) is 5.75 Å². The van der Waals surface area contributed by atoms with Crippen LogP contribution in [-0.2, 0) is 27.9 Å².